The van der Waals surface area contributed by atoms with Crippen molar-refractivity contribution < 1.29 is 19.4 Å². The highest BCUT2D eigenvalue weighted by molar-refractivity contribution is 5.77. The van der Waals surface area contributed by atoms with Gasteiger partial charge in [0.05, 0.1) is 18.9 Å². The molecule has 11 nitrogen and oxygen atoms in total. The van der Waals surface area contributed by atoms with Gasteiger partial charge in [0.15, 0.2) is 0 Å². The summed E-state index contributed by atoms with van der Waals surface area (Å²) in [5.74, 6) is 0.821. The van der Waals surface area contributed by atoms with Crippen molar-refractivity contribution in [2.24, 2.45) is 0 Å². The molecular weight excluding hydrogens is 378 g/mol. The van der Waals surface area contributed by atoms with E-state index in [2.05, 4.69) is 25.3 Å². The lowest BCUT2D eigenvalue weighted by Gasteiger charge is -2.35. The van der Waals surface area contributed by atoms with Crippen molar-refractivity contribution in [2.75, 3.05) is 43.5 Å². The number of rotatable bonds is 6. The van der Waals surface area contributed by atoms with Gasteiger partial charge in [-0.05, 0) is 0 Å². The number of nitrogen functional groups attached to an aromatic ring is 1. The van der Waals surface area contributed by atoms with Gasteiger partial charge in [-0.15, -0.1) is 0 Å². The third kappa shape index (κ3) is 4.69. The molecule has 0 aromatic carbocycles. The van der Waals surface area contributed by atoms with E-state index < -0.39 is 6.61 Å². The van der Waals surface area contributed by atoms with Crippen LogP contribution in [0.5, 0.6) is 5.88 Å². The Morgan fingerprint density at radius 1 is 1.28 bits per heavy atom. The molecule has 3 heterocycles. The van der Waals surface area contributed by atoms with Gasteiger partial charge in [0, 0.05) is 56.0 Å². The van der Waals surface area contributed by atoms with Gasteiger partial charge < -0.3 is 30.5 Å². The summed E-state index contributed by atoms with van der Waals surface area (Å²) in [6, 6.07) is 1.75. The van der Waals surface area contributed by atoms with E-state index in [-0.39, 0.29) is 24.0 Å². The maximum atomic E-state index is 11.3. The third-order valence-electron chi connectivity index (χ3n) is 4.84. The summed E-state index contributed by atoms with van der Waals surface area (Å²) in [5.41, 5.74) is 6.93. The van der Waals surface area contributed by atoms with E-state index >= 15 is 0 Å². The molecule has 11 heteroatoms. The van der Waals surface area contributed by atoms with Gasteiger partial charge in [-0.3, -0.25) is 4.79 Å². The molecule has 0 bridgehead atoms. The standard InChI is InChI=1S/C18H23N7O4/c19-17-20-8-11(9-21-17)14-7-16(24-18(23-14)25-1-3-28-4-2-25)29-13-5-12(6-13)22-15(27)10-26/h7-9,12-13,26H,1-6,10H2,(H,22,27)(H2,19,20,21). The zero-order chi connectivity index (χ0) is 20.2. The van der Waals surface area contributed by atoms with E-state index in [1.807, 2.05) is 4.90 Å². The summed E-state index contributed by atoms with van der Waals surface area (Å²) in [4.78, 5) is 30.6. The number of aliphatic hydroxyl groups excluding tert-OH is 1. The summed E-state index contributed by atoms with van der Waals surface area (Å²) in [7, 11) is 0. The molecule has 4 rings (SSSR count). The largest absolute Gasteiger partial charge is 0.474 e. The lowest BCUT2D eigenvalue weighted by atomic mass is 9.89. The average Bonchev–Trinajstić information content (AvgIpc) is 2.73. The molecule has 0 unspecified atom stereocenters. The molecule has 4 N–H and O–H groups in total. The summed E-state index contributed by atoms with van der Waals surface area (Å²) < 4.78 is 11.4. The van der Waals surface area contributed by atoms with Crippen molar-refractivity contribution in [3.63, 3.8) is 0 Å². The topological polar surface area (TPSA) is 149 Å². The van der Waals surface area contributed by atoms with Crippen molar-refractivity contribution in [3.05, 3.63) is 18.5 Å². The van der Waals surface area contributed by atoms with Crippen molar-refractivity contribution in [2.45, 2.75) is 25.0 Å². The maximum absolute atomic E-state index is 11.3. The van der Waals surface area contributed by atoms with Crippen LogP contribution in [-0.4, -0.2) is 76.0 Å². The van der Waals surface area contributed by atoms with Crippen molar-refractivity contribution in [3.8, 4) is 17.1 Å². The lowest BCUT2D eigenvalue weighted by molar-refractivity contribution is -0.125. The number of morpholine rings is 1. The fourth-order valence-corrected chi connectivity index (χ4v) is 3.22. The molecule has 0 atom stereocenters. The highest BCUT2D eigenvalue weighted by atomic mass is 16.5. The number of carbonyl (C=O) groups is 1. The number of carbonyl (C=O) groups excluding carboxylic acids is 1. The molecule has 2 aromatic heterocycles. The minimum Gasteiger partial charge on any atom is -0.474 e. The van der Waals surface area contributed by atoms with Crippen LogP contribution < -0.4 is 20.7 Å². The lowest BCUT2D eigenvalue weighted by Crippen LogP contribution is -2.49. The maximum Gasteiger partial charge on any atom is 0.245 e. The number of aliphatic hydroxyl groups is 1. The van der Waals surface area contributed by atoms with Gasteiger partial charge in [-0.2, -0.15) is 4.98 Å². The van der Waals surface area contributed by atoms with Crippen molar-refractivity contribution >= 4 is 17.8 Å². The first-order chi connectivity index (χ1) is 14.1. The third-order valence-corrected chi connectivity index (χ3v) is 4.84. The summed E-state index contributed by atoms with van der Waals surface area (Å²) in [5, 5.41) is 11.6. The van der Waals surface area contributed by atoms with E-state index in [9.17, 15) is 4.79 Å². The molecule has 29 heavy (non-hydrogen) atoms. The molecule has 2 fully saturated rings. The number of nitrogens with one attached hydrogen (secondary N) is 1. The first-order valence-electron chi connectivity index (χ1n) is 9.47. The van der Waals surface area contributed by atoms with Crippen LogP contribution in [0.25, 0.3) is 11.3 Å². The van der Waals surface area contributed by atoms with Crippen molar-refractivity contribution in [1.82, 2.24) is 25.3 Å². The van der Waals surface area contributed by atoms with Gasteiger partial charge in [0.2, 0.25) is 23.7 Å². The second-order valence-corrected chi connectivity index (χ2v) is 6.95. The van der Waals surface area contributed by atoms with Gasteiger partial charge in [-0.25, -0.2) is 15.0 Å². The number of ether oxygens (including phenoxy) is 2. The Labute approximate surface area is 167 Å². The molecule has 1 saturated carbocycles. The van der Waals surface area contributed by atoms with E-state index in [1.54, 1.807) is 18.5 Å². The minimum absolute atomic E-state index is 0.00479. The molecule has 1 saturated heterocycles. The molecule has 1 aliphatic carbocycles. The predicted octanol–water partition coefficient (Wildman–Crippen LogP) is -0.629. The van der Waals surface area contributed by atoms with Gasteiger partial charge in [0.25, 0.3) is 0 Å². The number of amides is 1. The Bertz CT molecular complexity index is 852. The van der Waals surface area contributed by atoms with Crippen LogP contribution in [0.2, 0.25) is 0 Å². The molecule has 1 aliphatic heterocycles. The van der Waals surface area contributed by atoms with E-state index in [4.69, 9.17) is 20.3 Å². The fraction of sp³-hybridized carbons (Fsp3) is 0.500. The monoisotopic (exact) mass is 401 g/mol. The second-order valence-electron chi connectivity index (χ2n) is 6.95. The van der Waals surface area contributed by atoms with Crippen LogP contribution in [-0.2, 0) is 9.53 Å². The summed E-state index contributed by atoms with van der Waals surface area (Å²) in [6.45, 7) is 2.11. The molecule has 0 radical (unpaired) electrons. The zero-order valence-corrected chi connectivity index (χ0v) is 15.8. The van der Waals surface area contributed by atoms with Crippen molar-refractivity contribution in [1.29, 1.82) is 0 Å². The van der Waals surface area contributed by atoms with E-state index in [0.717, 1.165) is 0 Å². The Morgan fingerprint density at radius 3 is 2.69 bits per heavy atom. The van der Waals surface area contributed by atoms with Crippen LogP contribution in [0.15, 0.2) is 18.5 Å². The molecule has 154 valence electrons. The predicted molar refractivity (Wildman–Crippen MR) is 103 cm³/mol. The summed E-state index contributed by atoms with van der Waals surface area (Å²) in [6.07, 6.45) is 4.47. The highest BCUT2D eigenvalue weighted by Gasteiger charge is 2.32. The first-order valence-corrected chi connectivity index (χ1v) is 9.47. The zero-order valence-electron chi connectivity index (χ0n) is 15.8. The number of aromatic nitrogens is 4. The molecular formula is C18H23N7O4. The highest BCUT2D eigenvalue weighted by Crippen LogP contribution is 2.29. The fourth-order valence-electron chi connectivity index (χ4n) is 3.22. The van der Waals surface area contributed by atoms with Crippen LogP contribution in [0.4, 0.5) is 11.9 Å². The van der Waals surface area contributed by atoms with E-state index in [1.165, 1.54) is 0 Å². The first kappa shape index (κ1) is 19.3. The normalized spacial score (nSPS) is 21.3. The quantitative estimate of drug-likeness (QED) is 0.571. The number of hydrogen-bond acceptors (Lipinski definition) is 10. The second kappa shape index (κ2) is 8.53. The Kier molecular flexibility index (Phi) is 5.67. The smallest absolute Gasteiger partial charge is 0.245 e. The SMILES string of the molecule is Nc1ncc(-c2cc(OC3CC(NC(=O)CO)C3)nc(N3CCOCC3)n2)cn1. The number of anilines is 2. The average molecular weight is 401 g/mol. The van der Waals surface area contributed by atoms with Crippen LogP contribution in [0.1, 0.15) is 12.8 Å². The van der Waals surface area contributed by atoms with Crippen LogP contribution >= 0.6 is 0 Å². The molecule has 0 spiro atoms. The molecule has 1 amide bonds. The van der Waals surface area contributed by atoms with Crippen LogP contribution in [0.3, 0.4) is 0 Å². The molecule has 2 aliphatic rings. The number of nitrogens with zero attached hydrogens (tertiary/aromatic N) is 5. The van der Waals surface area contributed by atoms with Gasteiger partial charge >= 0.3 is 0 Å². The number of nitrogens with two attached hydrogens (primary N) is 1. The number of hydrogen-bond donors (Lipinski definition) is 3. The Hall–Kier alpha value is -3.05. The van der Waals surface area contributed by atoms with Crippen LogP contribution in [0, 0.1) is 0 Å². The minimum atomic E-state index is -0.510. The molecule has 2 aromatic rings. The van der Waals surface area contributed by atoms with Gasteiger partial charge in [-0.1, -0.05) is 0 Å². The summed E-state index contributed by atoms with van der Waals surface area (Å²) >= 11 is 0. The Balaban J connectivity index is 1.52. The Morgan fingerprint density at radius 2 is 2.00 bits per heavy atom. The van der Waals surface area contributed by atoms with Gasteiger partial charge in [0.1, 0.15) is 12.7 Å². The van der Waals surface area contributed by atoms with E-state index in [0.29, 0.717) is 62.2 Å².